The Kier molecular flexibility index (Phi) is 6.87. The van der Waals surface area contributed by atoms with Crippen LogP contribution in [0.15, 0.2) is 30.3 Å². The third-order valence-corrected chi connectivity index (χ3v) is 5.23. The van der Waals surface area contributed by atoms with Crippen LogP contribution in [0.5, 0.6) is 0 Å². The van der Waals surface area contributed by atoms with E-state index in [9.17, 15) is 14.4 Å². The molecule has 1 atom stereocenters. The Morgan fingerprint density at radius 3 is 2.50 bits per heavy atom. The van der Waals surface area contributed by atoms with E-state index in [1.165, 1.54) is 6.92 Å². The molecule has 8 nitrogen and oxygen atoms in total. The van der Waals surface area contributed by atoms with E-state index in [0.717, 1.165) is 29.9 Å². The standard InChI is InChI=1S/C22H29N5O3/c1-15-14-16(2)27(25-15)19-9-7-18(8-10-19)24-22(30)20-6-4-5-13-26(20)21(29)11-12-23-17(3)28/h7-10,14,20H,4-6,11-13H2,1-3H3,(H,23,28)(H,24,30). The molecule has 1 aromatic heterocycles. The molecule has 1 aliphatic rings. The smallest absolute Gasteiger partial charge is 0.247 e. The summed E-state index contributed by atoms with van der Waals surface area (Å²) in [5, 5.41) is 10.0. The highest BCUT2D eigenvalue weighted by Gasteiger charge is 2.31. The van der Waals surface area contributed by atoms with Crippen LogP contribution in [0.2, 0.25) is 0 Å². The van der Waals surface area contributed by atoms with Crippen molar-refractivity contribution in [3.05, 3.63) is 41.7 Å². The minimum atomic E-state index is -0.487. The molecule has 8 heteroatoms. The Bertz CT molecular complexity index is 919. The minimum absolute atomic E-state index is 0.108. The Morgan fingerprint density at radius 2 is 1.87 bits per heavy atom. The number of aryl methyl sites for hydroxylation is 2. The monoisotopic (exact) mass is 411 g/mol. The maximum Gasteiger partial charge on any atom is 0.247 e. The molecule has 2 N–H and O–H groups in total. The molecule has 1 fully saturated rings. The van der Waals surface area contributed by atoms with Gasteiger partial charge in [0.15, 0.2) is 0 Å². The van der Waals surface area contributed by atoms with Crippen LogP contribution in [0.25, 0.3) is 5.69 Å². The van der Waals surface area contributed by atoms with Crippen molar-refractivity contribution < 1.29 is 14.4 Å². The van der Waals surface area contributed by atoms with Crippen LogP contribution in [-0.2, 0) is 14.4 Å². The number of hydrogen-bond donors (Lipinski definition) is 2. The van der Waals surface area contributed by atoms with Gasteiger partial charge in [0.2, 0.25) is 17.7 Å². The number of benzene rings is 1. The molecule has 3 rings (SSSR count). The van der Waals surface area contributed by atoms with Gasteiger partial charge in [-0.1, -0.05) is 0 Å². The van der Waals surface area contributed by atoms with Gasteiger partial charge in [-0.15, -0.1) is 0 Å². The van der Waals surface area contributed by atoms with Gasteiger partial charge in [0.05, 0.1) is 11.4 Å². The van der Waals surface area contributed by atoms with Gasteiger partial charge in [-0.05, 0) is 63.4 Å². The summed E-state index contributed by atoms with van der Waals surface area (Å²) in [7, 11) is 0. The predicted octanol–water partition coefficient (Wildman–Crippen LogP) is 2.33. The van der Waals surface area contributed by atoms with Crippen molar-refractivity contribution in [3.63, 3.8) is 0 Å². The maximum atomic E-state index is 12.9. The fourth-order valence-corrected chi connectivity index (χ4v) is 3.79. The predicted molar refractivity (Wildman–Crippen MR) is 114 cm³/mol. The van der Waals surface area contributed by atoms with E-state index in [2.05, 4.69) is 15.7 Å². The van der Waals surface area contributed by atoms with Crippen molar-refractivity contribution >= 4 is 23.4 Å². The van der Waals surface area contributed by atoms with E-state index in [-0.39, 0.29) is 30.7 Å². The molecule has 0 saturated carbocycles. The van der Waals surface area contributed by atoms with E-state index in [0.29, 0.717) is 18.7 Å². The zero-order valence-electron chi connectivity index (χ0n) is 17.8. The summed E-state index contributed by atoms with van der Waals surface area (Å²) in [6, 6.07) is 9.03. The zero-order valence-corrected chi connectivity index (χ0v) is 17.8. The molecular formula is C22H29N5O3. The average molecular weight is 412 g/mol. The summed E-state index contributed by atoms with van der Waals surface area (Å²) in [5.41, 5.74) is 3.60. The number of nitrogens with one attached hydrogen (secondary N) is 2. The van der Waals surface area contributed by atoms with E-state index >= 15 is 0 Å². The minimum Gasteiger partial charge on any atom is -0.356 e. The Morgan fingerprint density at radius 1 is 1.13 bits per heavy atom. The zero-order chi connectivity index (χ0) is 21.7. The van der Waals surface area contributed by atoms with Crippen LogP contribution >= 0.6 is 0 Å². The summed E-state index contributed by atoms with van der Waals surface area (Å²) in [6.07, 6.45) is 2.62. The average Bonchev–Trinajstić information content (AvgIpc) is 3.06. The quantitative estimate of drug-likeness (QED) is 0.763. The SMILES string of the molecule is CC(=O)NCCC(=O)N1CCCCC1C(=O)Nc1ccc(-n2nc(C)cc2C)cc1. The summed E-state index contributed by atoms with van der Waals surface area (Å²) >= 11 is 0. The number of rotatable bonds is 6. The van der Waals surface area contributed by atoms with Gasteiger partial charge < -0.3 is 15.5 Å². The highest BCUT2D eigenvalue weighted by molar-refractivity contribution is 5.97. The van der Waals surface area contributed by atoms with Crippen molar-refractivity contribution in [1.29, 1.82) is 0 Å². The lowest BCUT2D eigenvalue weighted by Gasteiger charge is -2.34. The topological polar surface area (TPSA) is 96.3 Å². The fraction of sp³-hybridized carbons (Fsp3) is 0.455. The van der Waals surface area contributed by atoms with Crippen molar-refractivity contribution in [3.8, 4) is 5.69 Å². The Labute approximate surface area is 176 Å². The van der Waals surface area contributed by atoms with Gasteiger partial charge in [-0.2, -0.15) is 5.10 Å². The summed E-state index contributed by atoms with van der Waals surface area (Å²) in [4.78, 5) is 38.1. The molecular weight excluding hydrogens is 382 g/mol. The molecule has 160 valence electrons. The van der Waals surface area contributed by atoms with E-state index in [1.807, 2.05) is 48.9 Å². The highest BCUT2D eigenvalue weighted by atomic mass is 16.2. The van der Waals surface area contributed by atoms with Crippen molar-refractivity contribution in [2.75, 3.05) is 18.4 Å². The summed E-state index contributed by atoms with van der Waals surface area (Å²) < 4.78 is 1.86. The molecule has 2 heterocycles. The third-order valence-electron chi connectivity index (χ3n) is 5.23. The van der Waals surface area contributed by atoms with Crippen LogP contribution in [0.4, 0.5) is 5.69 Å². The van der Waals surface area contributed by atoms with Gasteiger partial charge in [0, 0.05) is 37.8 Å². The normalized spacial score (nSPS) is 16.2. The molecule has 0 spiro atoms. The highest BCUT2D eigenvalue weighted by Crippen LogP contribution is 2.21. The van der Waals surface area contributed by atoms with Crippen LogP contribution in [0.3, 0.4) is 0 Å². The maximum absolute atomic E-state index is 12.9. The van der Waals surface area contributed by atoms with Crippen LogP contribution in [0, 0.1) is 13.8 Å². The van der Waals surface area contributed by atoms with E-state index < -0.39 is 6.04 Å². The lowest BCUT2D eigenvalue weighted by molar-refractivity contribution is -0.140. The molecule has 1 saturated heterocycles. The van der Waals surface area contributed by atoms with E-state index in [1.54, 1.807) is 4.90 Å². The first-order valence-electron chi connectivity index (χ1n) is 10.3. The molecule has 3 amide bonds. The van der Waals surface area contributed by atoms with Crippen molar-refractivity contribution in [2.24, 2.45) is 0 Å². The van der Waals surface area contributed by atoms with Gasteiger partial charge >= 0.3 is 0 Å². The molecule has 0 radical (unpaired) electrons. The second-order valence-electron chi connectivity index (χ2n) is 7.71. The second-order valence-corrected chi connectivity index (χ2v) is 7.71. The number of amides is 3. The molecule has 1 unspecified atom stereocenters. The first-order valence-corrected chi connectivity index (χ1v) is 10.3. The van der Waals surface area contributed by atoms with Crippen LogP contribution < -0.4 is 10.6 Å². The molecule has 0 bridgehead atoms. The van der Waals surface area contributed by atoms with Gasteiger partial charge in [0.1, 0.15) is 6.04 Å². The number of piperidine rings is 1. The molecule has 0 aliphatic carbocycles. The Balaban J connectivity index is 1.63. The summed E-state index contributed by atoms with van der Waals surface area (Å²) in [6.45, 7) is 6.21. The molecule has 1 aromatic carbocycles. The fourth-order valence-electron chi connectivity index (χ4n) is 3.79. The Hall–Kier alpha value is -3.16. The molecule has 1 aliphatic heterocycles. The number of anilines is 1. The number of carbonyl (C=O) groups excluding carboxylic acids is 3. The second kappa shape index (κ2) is 9.56. The lowest BCUT2D eigenvalue weighted by Crippen LogP contribution is -2.50. The number of likely N-dealkylation sites (tertiary alicyclic amines) is 1. The van der Waals surface area contributed by atoms with Crippen LogP contribution in [-0.4, -0.2) is 51.5 Å². The number of hydrogen-bond acceptors (Lipinski definition) is 4. The third kappa shape index (κ3) is 5.25. The molecule has 2 aromatic rings. The van der Waals surface area contributed by atoms with E-state index in [4.69, 9.17) is 0 Å². The first-order chi connectivity index (χ1) is 14.3. The van der Waals surface area contributed by atoms with Crippen molar-refractivity contribution in [1.82, 2.24) is 20.0 Å². The number of carbonyl (C=O) groups is 3. The van der Waals surface area contributed by atoms with Crippen molar-refractivity contribution in [2.45, 2.75) is 52.5 Å². The van der Waals surface area contributed by atoms with Gasteiger partial charge in [0.25, 0.3) is 0 Å². The largest absolute Gasteiger partial charge is 0.356 e. The lowest BCUT2D eigenvalue weighted by atomic mass is 10.0. The molecule has 30 heavy (non-hydrogen) atoms. The number of nitrogens with zero attached hydrogens (tertiary/aromatic N) is 3. The number of aromatic nitrogens is 2. The first kappa shape index (κ1) is 21.5. The van der Waals surface area contributed by atoms with Gasteiger partial charge in [-0.3, -0.25) is 14.4 Å². The van der Waals surface area contributed by atoms with Crippen LogP contribution in [0.1, 0.15) is 44.0 Å². The summed E-state index contributed by atoms with van der Waals surface area (Å²) in [5.74, 6) is -0.454. The van der Waals surface area contributed by atoms with Gasteiger partial charge in [-0.25, -0.2) is 4.68 Å².